The Morgan fingerprint density at radius 2 is 1.36 bits per heavy atom. The standard InChI is InChI=1S/C9H20OS/c1-8(2,3)9(4,5)11(6,7)10/h6H2,1-5,7H3. The van der Waals surface area contributed by atoms with E-state index in [1.54, 1.807) is 6.26 Å². The smallest absolute Gasteiger partial charge is 0.0373 e. The van der Waals surface area contributed by atoms with Crippen LogP contribution in [0.3, 0.4) is 0 Å². The van der Waals surface area contributed by atoms with E-state index in [0.29, 0.717) is 0 Å². The fourth-order valence-electron chi connectivity index (χ4n) is 0.648. The molecule has 0 saturated heterocycles. The summed E-state index contributed by atoms with van der Waals surface area (Å²) in [6.07, 6.45) is 1.73. The molecule has 0 aromatic carbocycles. The van der Waals surface area contributed by atoms with Gasteiger partial charge in [-0.1, -0.05) is 20.8 Å². The molecular weight excluding hydrogens is 156 g/mol. The van der Waals surface area contributed by atoms with Crippen molar-refractivity contribution in [2.24, 2.45) is 5.41 Å². The zero-order valence-electron chi connectivity index (χ0n) is 8.52. The molecule has 0 amide bonds. The highest BCUT2D eigenvalue weighted by Gasteiger charge is 2.37. The maximum absolute atomic E-state index is 11.7. The van der Waals surface area contributed by atoms with Crippen molar-refractivity contribution in [3.63, 3.8) is 0 Å². The van der Waals surface area contributed by atoms with Crippen molar-refractivity contribution in [1.29, 1.82) is 0 Å². The van der Waals surface area contributed by atoms with Gasteiger partial charge in [-0.2, -0.15) is 0 Å². The van der Waals surface area contributed by atoms with Crippen LogP contribution in [0.1, 0.15) is 34.6 Å². The molecule has 1 nitrogen and oxygen atoms in total. The van der Waals surface area contributed by atoms with Gasteiger partial charge in [-0.25, -0.2) is 0 Å². The summed E-state index contributed by atoms with van der Waals surface area (Å²) in [5.74, 6) is 3.74. The lowest BCUT2D eigenvalue weighted by molar-refractivity contribution is 0.312. The molecule has 0 aromatic heterocycles. The van der Waals surface area contributed by atoms with Crippen molar-refractivity contribution < 1.29 is 4.21 Å². The van der Waals surface area contributed by atoms with Crippen molar-refractivity contribution in [3.8, 4) is 0 Å². The maximum atomic E-state index is 11.7. The van der Waals surface area contributed by atoms with Crippen LogP contribution in [0.2, 0.25) is 0 Å². The Morgan fingerprint density at radius 3 is 1.36 bits per heavy atom. The third-order valence-corrected chi connectivity index (χ3v) is 5.66. The van der Waals surface area contributed by atoms with Crippen LogP contribution in [0.4, 0.5) is 0 Å². The molecule has 0 aliphatic heterocycles. The van der Waals surface area contributed by atoms with Gasteiger partial charge in [0, 0.05) is 11.0 Å². The van der Waals surface area contributed by atoms with Gasteiger partial charge < -0.3 is 0 Å². The Kier molecular flexibility index (Phi) is 2.52. The third kappa shape index (κ3) is 1.98. The average molecular weight is 176 g/mol. The Balaban J connectivity index is 5.08. The van der Waals surface area contributed by atoms with Gasteiger partial charge in [0.25, 0.3) is 0 Å². The molecule has 0 aliphatic carbocycles. The van der Waals surface area contributed by atoms with Crippen LogP contribution >= 0.6 is 0 Å². The minimum atomic E-state index is -1.96. The average Bonchev–Trinajstić information content (AvgIpc) is 1.58. The Bertz CT molecular complexity index is 227. The minimum absolute atomic E-state index is 0.0422. The molecule has 0 rings (SSSR count). The lowest BCUT2D eigenvalue weighted by atomic mass is 9.83. The fraction of sp³-hybridized carbons (Fsp3) is 0.889. The van der Waals surface area contributed by atoms with E-state index in [4.69, 9.17) is 0 Å². The predicted molar refractivity (Wildman–Crippen MR) is 54.7 cm³/mol. The van der Waals surface area contributed by atoms with Gasteiger partial charge in [0.15, 0.2) is 0 Å². The molecule has 0 saturated carbocycles. The van der Waals surface area contributed by atoms with Gasteiger partial charge in [0.2, 0.25) is 0 Å². The van der Waals surface area contributed by atoms with E-state index < -0.39 is 9.52 Å². The van der Waals surface area contributed by atoms with Crippen LogP contribution in [-0.2, 0) is 9.52 Å². The summed E-state index contributed by atoms with van der Waals surface area (Å²) < 4.78 is 11.5. The van der Waals surface area contributed by atoms with Gasteiger partial charge in [-0.15, -0.1) is 0 Å². The molecule has 0 fully saturated rings. The van der Waals surface area contributed by atoms with Gasteiger partial charge in [-0.05, 0) is 34.7 Å². The molecule has 0 heterocycles. The van der Waals surface area contributed by atoms with Gasteiger partial charge >= 0.3 is 0 Å². The summed E-state index contributed by atoms with van der Waals surface area (Å²) in [4.78, 5) is 0. The molecule has 0 N–H and O–H groups in total. The molecule has 0 aliphatic rings. The molecule has 0 bridgehead atoms. The zero-order valence-corrected chi connectivity index (χ0v) is 9.34. The summed E-state index contributed by atoms with van der Waals surface area (Å²) in [5, 5.41) is 0. The molecule has 68 valence electrons. The quantitative estimate of drug-likeness (QED) is 0.560. The predicted octanol–water partition coefficient (Wildman–Crippen LogP) is 2.16. The lowest BCUT2D eigenvalue weighted by Crippen LogP contribution is -2.43. The normalized spacial score (nSPS) is 19.5. The summed E-state index contributed by atoms with van der Waals surface area (Å²) in [6.45, 7) is 10.3. The summed E-state index contributed by atoms with van der Waals surface area (Å²) in [7, 11) is -1.96. The number of hydrogen-bond donors (Lipinski definition) is 0. The van der Waals surface area contributed by atoms with Crippen molar-refractivity contribution in [1.82, 2.24) is 0 Å². The largest absolute Gasteiger partial charge is 0.268 e. The van der Waals surface area contributed by atoms with Crippen LogP contribution in [0.25, 0.3) is 0 Å². The number of rotatable bonds is 1. The van der Waals surface area contributed by atoms with E-state index >= 15 is 0 Å². The molecule has 0 spiro atoms. The topological polar surface area (TPSA) is 17.1 Å². The van der Waals surface area contributed by atoms with E-state index in [-0.39, 0.29) is 10.2 Å². The second-order valence-corrected chi connectivity index (χ2v) is 7.80. The van der Waals surface area contributed by atoms with Gasteiger partial charge in [0.1, 0.15) is 0 Å². The van der Waals surface area contributed by atoms with E-state index in [9.17, 15) is 4.21 Å². The van der Waals surface area contributed by atoms with Gasteiger partial charge in [0.05, 0.1) is 0 Å². The summed E-state index contributed by atoms with van der Waals surface area (Å²) >= 11 is 0. The van der Waals surface area contributed by atoms with Gasteiger partial charge in [-0.3, -0.25) is 4.21 Å². The van der Waals surface area contributed by atoms with Crippen LogP contribution < -0.4 is 0 Å². The Hall–Kier alpha value is 0.0200. The van der Waals surface area contributed by atoms with Crippen molar-refractivity contribution >= 4 is 15.4 Å². The first kappa shape index (κ1) is 11.0. The monoisotopic (exact) mass is 176 g/mol. The fourth-order valence-corrected chi connectivity index (χ4v) is 1.94. The SMILES string of the molecule is C=S(C)(=O)C(C)(C)C(C)(C)C. The van der Waals surface area contributed by atoms with Crippen molar-refractivity contribution in [2.45, 2.75) is 39.4 Å². The lowest BCUT2D eigenvalue weighted by Gasteiger charge is -2.39. The molecule has 11 heavy (non-hydrogen) atoms. The highest BCUT2D eigenvalue weighted by atomic mass is 32.2. The Labute approximate surface area is 71.2 Å². The summed E-state index contributed by atoms with van der Waals surface area (Å²) in [6, 6.07) is 0. The molecule has 0 aromatic rings. The van der Waals surface area contributed by atoms with Crippen molar-refractivity contribution in [3.05, 3.63) is 0 Å². The van der Waals surface area contributed by atoms with Crippen LogP contribution in [0.5, 0.6) is 0 Å². The first-order chi connectivity index (χ1) is 4.50. The Morgan fingerprint density at radius 1 is 1.09 bits per heavy atom. The summed E-state index contributed by atoms with van der Waals surface area (Å²) in [5.41, 5.74) is 0.0422. The minimum Gasteiger partial charge on any atom is -0.268 e. The zero-order chi connectivity index (χ0) is 9.50. The van der Waals surface area contributed by atoms with E-state index in [1.807, 2.05) is 13.8 Å². The molecule has 1 unspecified atom stereocenters. The van der Waals surface area contributed by atoms with Crippen LogP contribution in [-0.4, -0.2) is 21.1 Å². The van der Waals surface area contributed by atoms with Crippen molar-refractivity contribution in [2.75, 3.05) is 6.26 Å². The van der Waals surface area contributed by atoms with E-state index in [1.165, 1.54) is 0 Å². The van der Waals surface area contributed by atoms with E-state index in [0.717, 1.165) is 0 Å². The maximum Gasteiger partial charge on any atom is 0.0373 e. The van der Waals surface area contributed by atoms with Crippen LogP contribution in [0, 0.1) is 5.41 Å². The molecule has 1 atom stereocenters. The molecule has 0 radical (unpaired) electrons. The first-order valence-corrected chi connectivity index (χ1v) is 5.95. The highest BCUT2D eigenvalue weighted by Crippen LogP contribution is 2.35. The second kappa shape index (κ2) is 2.51. The van der Waals surface area contributed by atoms with Crippen LogP contribution in [0.15, 0.2) is 0 Å². The first-order valence-electron chi connectivity index (χ1n) is 3.82. The highest BCUT2D eigenvalue weighted by molar-refractivity contribution is 8.00. The molecular formula is C9H20OS. The second-order valence-electron chi connectivity index (χ2n) is 4.77. The molecule has 2 heteroatoms. The third-order valence-electron chi connectivity index (χ3n) is 2.89. The van der Waals surface area contributed by atoms with E-state index in [2.05, 4.69) is 26.6 Å². The number of hydrogen-bond acceptors (Lipinski definition) is 1.